The number of hydrogen-bond acceptors (Lipinski definition) is 4. The highest BCUT2D eigenvalue weighted by molar-refractivity contribution is 7.91. The zero-order chi connectivity index (χ0) is 14.8. The summed E-state index contributed by atoms with van der Waals surface area (Å²) in [6.07, 6.45) is 0.687. The van der Waals surface area contributed by atoms with Gasteiger partial charge in [0.1, 0.15) is 5.75 Å². The molecule has 0 spiro atoms. The average Bonchev–Trinajstić information content (AvgIpc) is 2.63. The first kappa shape index (κ1) is 14.8. The molecule has 6 heteroatoms. The highest BCUT2D eigenvalue weighted by atomic mass is 32.2. The Balaban J connectivity index is 1.99. The number of benzene rings is 1. The van der Waals surface area contributed by atoms with Crippen molar-refractivity contribution in [2.24, 2.45) is 0 Å². The molecule has 0 saturated carbocycles. The first-order valence-corrected chi connectivity index (χ1v) is 8.28. The molecule has 0 unspecified atom stereocenters. The third-order valence-electron chi connectivity index (χ3n) is 3.44. The summed E-state index contributed by atoms with van der Waals surface area (Å²) in [6, 6.07) is 7.28. The second-order valence-electron chi connectivity index (χ2n) is 5.48. The Labute approximate surface area is 119 Å². The molecule has 110 valence electrons. The van der Waals surface area contributed by atoms with Gasteiger partial charge in [-0.3, -0.25) is 4.79 Å². The Hall–Kier alpha value is -1.56. The van der Waals surface area contributed by atoms with Crippen LogP contribution in [-0.4, -0.2) is 38.5 Å². The van der Waals surface area contributed by atoms with Crippen LogP contribution >= 0.6 is 0 Å². The number of ether oxygens (including phenoxy) is 1. The highest BCUT2D eigenvalue weighted by Crippen LogP contribution is 2.23. The van der Waals surface area contributed by atoms with Gasteiger partial charge in [-0.15, -0.1) is 0 Å². The fourth-order valence-electron chi connectivity index (χ4n) is 2.46. The normalized spacial score (nSPS) is 24.3. The smallest absolute Gasteiger partial charge is 0.224 e. The minimum atomic E-state index is -3.02. The zero-order valence-electron chi connectivity index (χ0n) is 11.7. The Kier molecular flexibility index (Phi) is 4.04. The Morgan fingerprint density at radius 2 is 2.20 bits per heavy atom. The highest BCUT2D eigenvalue weighted by Gasteiger charge is 2.39. The van der Waals surface area contributed by atoms with Gasteiger partial charge in [0.25, 0.3) is 0 Å². The van der Waals surface area contributed by atoms with E-state index < -0.39 is 15.4 Å². The van der Waals surface area contributed by atoms with Crippen LogP contribution in [0.25, 0.3) is 0 Å². The van der Waals surface area contributed by atoms with Crippen LogP contribution in [0.5, 0.6) is 5.75 Å². The molecule has 1 atom stereocenters. The van der Waals surface area contributed by atoms with Crippen LogP contribution in [0.3, 0.4) is 0 Å². The molecule has 2 rings (SSSR count). The Morgan fingerprint density at radius 1 is 1.45 bits per heavy atom. The van der Waals surface area contributed by atoms with Gasteiger partial charge in [-0.1, -0.05) is 12.1 Å². The first-order chi connectivity index (χ1) is 9.32. The number of hydrogen-bond donors (Lipinski definition) is 1. The lowest BCUT2D eigenvalue weighted by molar-refractivity contribution is -0.121. The molecule has 0 aliphatic carbocycles. The Bertz CT molecular complexity index is 611. The van der Waals surface area contributed by atoms with Gasteiger partial charge >= 0.3 is 0 Å². The standard InChI is InChI=1S/C14H19NO4S/c1-14(6-7-20(17,18)10-14)15-13(16)9-11-4-3-5-12(8-11)19-2/h3-5,8H,6-7,9-10H2,1-2H3,(H,15,16)/t14-/m1/s1. The molecule has 5 nitrogen and oxygen atoms in total. The summed E-state index contributed by atoms with van der Waals surface area (Å²) in [6.45, 7) is 1.78. The molecule has 1 saturated heterocycles. The molecule has 1 heterocycles. The molecule has 1 fully saturated rings. The summed E-state index contributed by atoms with van der Waals surface area (Å²) in [5, 5.41) is 2.84. The number of carbonyl (C=O) groups is 1. The molecule has 1 N–H and O–H groups in total. The topological polar surface area (TPSA) is 72.5 Å². The molecule has 1 aromatic carbocycles. The number of methoxy groups -OCH3 is 1. The zero-order valence-corrected chi connectivity index (χ0v) is 12.5. The third kappa shape index (κ3) is 3.72. The summed E-state index contributed by atoms with van der Waals surface area (Å²) in [5.41, 5.74) is 0.195. The Morgan fingerprint density at radius 3 is 2.80 bits per heavy atom. The van der Waals surface area contributed by atoms with Gasteiger partial charge in [0, 0.05) is 0 Å². The van der Waals surface area contributed by atoms with Crippen LogP contribution < -0.4 is 10.1 Å². The van der Waals surface area contributed by atoms with Crippen molar-refractivity contribution in [2.75, 3.05) is 18.6 Å². The SMILES string of the molecule is COc1cccc(CC(=O)N[C@]2(C)CCS(=O)(=O)C2)c1. The van der Waals surface area contributed by atoms with E-state index in [0.717, 1.165) is 5.56 Å². The summed E-state index contributed by atoms with van der Waals surface area (Å²) >= 11 is 0. The molecule has 1 aromatic rings. The molecular weight excluding hydrogens is 278 g/mol. The quantitative estimate of drug-likeness (QED) is 0.897. The molecule has 0 aromatic heterocycles. The van der Waals surface area contributed by atoms with Crippen LogP contribution in [0.1, 0.15) is 18.9 Å². The lowest BCUT2D eigenvalue weighted by Gasteiger charge is -2.23. The summed E-state index contributed by atoms with van der Waals surface area (Å²) in [4.78, 5) is 12.0. The van der Waals surface area contributed by atoms with Crippen LogP contribution in [0.2, 0.25) is 0 Å². The van der Waals surface area contributed by atoms with Crippen molar-refractivity contribution in [1.82, 2.24) is 5.32 Å². The van der Waals surface area contributed by atoms with Crippen molar-refractivity contribution in [3.63, 3.8) is 0 Å². The molecule has 1 aliphatic heterocycles. The van der Waals surface area contributed by atoms with E-state index in [1.165, 1.54) is 0 Å². The molecule has 0 bridgehead atoms. The number of carbonyl (C=O) groups excluding carboxylic acids is 1. The van der Waals surface area contributed by atoms with E-state index in [4.69, 9.17) is 4.74 Å². The van der Waals surface area contributed by atoms with Gasteiger partial charge in [-0.2, -0.15) is 0 Å². The lowest BCUT2D eigenvalue weighted by atomic mass is 10.0. The first-order valence-electron chi connectivity index (χ1n) is 6.46. The number of amides is 1. The number of rotatable bonds is 4. The largest absolute Gasteiger partial charge is 0.497 e. The fraction of sp³-hybridized carbons (Fsp3) is 0.500. The van der Waals surface area contributed by atoms with Crippen molar-refractivity contribution >= 4 is 15.7 Å². The van der Waals surface area contributed by atoms with Gasteiger partial charge < -0.3 is 10.1 Å². The predicted molar refractivity (Wildman–Crippen MR) is 76.5 cm³/mol. The lowest BCUT2D eigenvalue weighted by Crippen LogP contribution is -2.47. The van der Waals surface area contributed by atoms with Crippen LogP contribution in [0.15, 0.2) is 24.3 Å². The van der Waals surface area contributed by atoms with Crippen molar-refractivity contribution in [1.29, 1.82) is 0 Å². The molecule has 1 aliphatic rings. The van der Waals surface area contributed by atoms with E-state index in [2.05, 4.69) is 5.32 Å². The van der Waals surface area contributed by atoms with E-state index in [0.29, 0.717) is 12.2 Å². The van der Waals surface area contributed by atoms with Gasteiger partial charge in [0.15, 0.2) is 9.84 Å². The van der Waals surface area contributed by atoms with Crippen LogP contribution in [0, 0.1) is 0 Å². The van der Waals surface area contributed by atoms with Gasteiger partial charge in [-0.05, 0) is 31.0 Å². The average molecular weight is 297 g/mol. The van der Waals surface area contributed by atoms with Crippen LogP contribution in [0.4, 0.5) is 0 Å². The van der Waals surface area contributed by atoms with E-state index in [9.17, 15) is 13.2 Å². The van der Waals surface area contributed by atoms with Gasteiger partial charge in [0.2, 0.25) is 5.91 Å². The van der Waals surface area contributed by atoms with Gasteiger partial charge in [0.05, 0.1) is 30.6 Å². The molecule has 0 radical (unpaired) electrons. The second kappa shape index (κ2) is 5.44. The molecular formula is C14H19NO4S. The van der Waals surface area contributed by atoms with E-state index in [1.54, 1.807) is 20.1 Å². The van der Waals surface area contributed by atoms with Crippen molar-refractivity contribution < 1.29 is 17.9 Å². The van der Waals surface area contributed by atoms with E-state index >= 15 is 0 Å². The fourth-order valence-corrected chi connectivity index (χ4v) is 4.55. The number of sulfone groups is 1. The van der Waals surface area contributed by atoms with Crippen molar-refractivity contribution in [2.45, 2.75) is 25.3 Å². The second-order valence-corrected chi connectivity index (χ2v) is 7.66. The minimum absolute atomic E-state index is 0.0177. The van der Waals surface area contributed by atoms with E-state index in [1.807, 2.05) is 18.2 Å². The maximum atomic E-state index is 12.0. The maximum absolute atomic E-state index is 12.0. The minimum Gasteiger partial charge on any atom is -0.497 e. The van der Waals surface area contributed by atoms with E-state index in [-0.39, 0.29) is 23.8 Å². The van der Waals surface area contributed by atoms with Crippen LogP contribution in [-0.2, 0) is 21.1 Å². The van der Waals surface area contributed by atoms with Gasteiger partial charge in [-0.25, -0.2) is 8.42 Å². The summed E-state index contributed by atoms with van der Waals surface area (Å²) in [7, 11) is -1.44. The molecule has 1 amide bonds. The number of nitrogens with one attached hydrogen (secondary N) is 1. The monoisotopic (exact) mass is 297 g/mol. The predicted octanol–water partition coefficient (Wildman–Crippen LogP) is 0.931. The summed E-state index contributed by atoms with van der Waals surface area (Å²) in [5.74, 6) is 0.690. The maximum Gasteiger partial charge on any atom is 0.224 e. The third-order valence-corrected chi connectivity index (χ3v) is 5.35. The molecule has 20 heavy (non-hydrogen) atoms. The van der Waals surface area contributed by atoms with Crippen molar-refractivity contribution in [3.8, 4) is 5.75 Å². The summed E-state index contributed by atoms with van der Waals surface area (Å²) < 4.78 is 28.1. The van der Waals surface area contributed by atoms with Crippen molar-refractivity contribution in [3.05, 3.63) is 29.8 Å².